The molecule has 0 radical (unpaired) electrons. The number of aryl methyl sites for hydroxylation is 2. The highest BCUT2D eigenvalue weighted by Gasteiger charge is 2.11. The highest BCUT2D eigenvalue weighted by molar-refractivity contribution is 8.01. The lowest BCUT2D eigenvalue weighted by Gasteiger charge is -2.07. The van der Waals surface area contributed by atoms with Crippen LogP contribution >= 0.6 is 23.1 Å². The second kappa shape index (κ2) is 10.9. The monoisotopic (exact) mass is 468 g/mol. The van der Waals surface area contributed by atoms with Crippen LogP contribution in [-0.2, 0) is 20.8 Å². The first-order valence-corrected chi connectivity index (χ1v) is 11.8. The lowest BCUT2D eigenvalue weighted by molar-refractivity contribution is -0.116. The first-order valence-electron chi connectivity index (χ1n) is 9.90. The number of hydrogen-bond donors (Lipinski definition) is 3. The Bertz CT molecular complexity index is 1130. The van der Waals surface area contributed by atoms with Crippen LogP contribution in [0.5, 0.6) is 0 Å². The molecular weight excluding hydrogens is 444 g/mol. The highest BCUT2D eigenvalue weighted by Crippen LogP contribution is 2.24. The largest absolute Gasteiger partial charge is 0.326 e. The SMILES string of the molecule is CC(=O)Nc1ccc(NC(=O)CSc2nc(CC(=O)Nc3ccc(C)c(C)c3)cs2)cc1. The van der Waals surface area contributed by atoms with Gasteiger partial charge in [0.2, 0.25) is 17.7 Å². The van der Waals surface area contributed by atoms with Gasteiger partial charge in [0.1, 0.15) is 0 Å². The average Bonchev–Trinajstić information content (AvgIpc) is 3.17. The fourth-order valence-electron chi connectivity index (χ4n) is 2.79. The standard InChI is InChI=1S/C23H24N4O3S2/c1-14-4-5-19(10-15(14)2)26-21(29)11-20-12-31-23(27-20)32-13-22(30)25-18-8-6-17(7-9-18)24-16(3)28/h4-10,12H,11,13H2,1-3H3,(H,24,28)(H,25,30)(H,26,29). The zero-order chi connectivity index (χ0) is 23.1. The molecule has 0 unspecified atom stereocenters. The molecule has 3 aromatic rings. The molecule has 0 spiro atoms. The first-order chi connectivity index (χ1) is 15.3. The van der Waals surface area contributed by atoms with E-state index in [9.17, 15) is 14.4 Å². The second-order valence-corrected chi connectivity index (χ2v) is 9.30. The van der Waals surface area contributed by atoms with Crippen LogP contribution in [0.1, 0.15) is 23.7 Å². The smallest absolute Gasteiger partial charge is 0.234 e. The number of hydrogen-bond acceptors (Lipinski definition) is 6. The van der Waals surface area contributed by atoms with Crippen LogP contribution < -0.4 is 16.0 Å². The molecule has 0 bridgehead atoms. The third kappa shape index (κ3) is 7.21. The van der Waals surface area contributed by atoms with Crippen molar-refractivity contribution in [3.05, 3.63) is 64.7 Å². The maximum absolute atomic E-state index is 12.3. The lowest BCUT2D eigenvalue weighted by Crippen LogP contribution is -2.15. The van der Waals surface area contributed by atoms with Crippen molar-refractivity contribution in [2.75, 3.05) is 21.7 Å². The van der Waals surface area contributed by atoms with Gasteiger partial charge < -0.3 is 16.0 Å². The van der Waals surface area contributed by atoms with Gasteiger partial charge in [0.25, 0.3) is 0 Å². The van der Waals surface area contributed by atoms with Crippen molar-refractivity contribution in [1.82, 2.24) is 4.98 Å². The summed E-state index contributed by atoms with van der Waals surface area (Å²) in [6.07, 6.45) is 0.177. The lowest BCUT2D eigenvalue weighted by atomic mass is 10.1. The minimum absolute atomic E-state index is 0.129. The van der Waals surface area contributed by atoms with E-state index in [0.717, 1.165) is 15.6 Å². The van der Waals surface area contributed by atoms with Crippen molar-refractivity contribution in [2.45, 2.75) is 31.5 Å². The Labute approximate surface area is 195 Å². The van der Waals surface area contributed by atoms with Crippen molar-refractivity contribution in [3.63, 3.8) is 0 Å². The number of carbonyl (C=O) groups is 3. The number of nitrogens with one attached hydrogen (secondary N) is 3. The number of aromatic nitrogens is 1. The number of thiazole rings is 1. The Balaban J connectivity index is 1.45. The van der Waals surface area contributed by atoms with Gasteiger partial charge in [-0.15, -0.1) is 11.3 Å². The fourth-order valence-corrected chi connectivity index (χ4v) is 4.43. The van der Waals surface area contributed by atoms with E-state index in [0.29, 0.717) is 17.1 Å². The van der Waals surface area contributed by atoms with Crippen LogP contribution in [0, 0.1) is 13.8 Å². The third-order valence-corrected chi connectivity index (χ3v) is 6.55. The van der Waals surface area contributed by atoms with Gasteiger partial charge in [-0.25, -0.2) is 4.98 Å². The summed E-state index contributed by atoms with van der Waals surface area (Å²) in [6, 6.07) is 12.7. The zero-order valence-corrected chi connectivity index (χ0v) is 19.7. The van der Waals surface area contributed by atoms with Crippen molar-refractivity contribution < 1.29 is 14.4 Å². The molecule has 3 rings (SSSR count). The average molecular weight is 469 g/mol. The molecule has 3 amide bonds. The normalized spacial score (nSPS) is 10.5. The number of carbonyl (C=O) groups excluding carboxylic acids is 3. The van der Waals surface area contributed by atoms with Crippen LogP contribution in [0.3, 0.4) is 0 Å². The molecule has 2 aromatic carbocycles. The molecule has 1 aromatic heterocycles. The molecule has 0 aliphatic rings. The van der Waals surface area contributed by atoms with Crippen molar-refractivity contribution in [1.29, 1.82) is 0 Å². The van der Waals surface area contributed by atoms with Gasteiger partial charge in [-0.1, -0.05) is 17.8 Å². The molecule has 166 valence electrons. The van der Waals surface area contributed by atoms with Gasteiger partial charge in [-0.3, -0.25) is 14.4 Å². The minimum atomic E-state index is -0.161. The summed E-state index contributed by atoms with van der Waals surface area (Å²) in [5.74, 6) is -0.235. The molecule has 32 heavy (non-hydrogen) atoms. The summed E-state index contributed by atoms with van der Waals surface area (Å²) < 4.78 is 0.732. The Morgan fingerprint density at radius 3 is 2.16 bits per heavy atom. The summed E-state index contributed by atoms with van der Waals surface area (Å²) >= 11 is 2.73. The number of thioether (sulfide) groups is 1. The molecular formula is C23H24N4O3S2. The van der Waals surface area contributed by atoms with E-state index in [1.165, 1.54) is 35.6 Å². The number of amides is 3. The summed E-state index contributed by atoms with van der Waals surface area (Å²) in [4.78, 5) is 40.0. The van der Waals surface area contributed by atoms with Crippen LogP contribution in [-0.4, -0.2) is 28.5 Å². The Morgan fingerprint density at radius 2 is 1.50 bits per heavy atom. The van der Waals surface area contributed by atoms with Crippen molar-refractivity contribution >= 4 is 57.9 Å². The van der Waals surface area contributed by atoms with E-state index in [2.05, 4.69) is 20.9 Å². The third-order valence-electron chi connectivity index (χ3n) is 4.48. The van der Waals surface area contributed by atoms with E-state index in [4.69, 9.17) is 0 Å². The molecule has 0 atom stereocenters. The highest BCUT2D eigenvalue weighted by atomic mass is 32.2. The van der Waals surface area contributed by atoms with Crippen molar-refractivity contribution in [3.8, 4) is 0 Å². The quantitative estimate of drug-likeness (QED) is 0.419. The maximum atomic E-state index is 12.3. The molecule has 1 heterocycles. The van der Waals surface area contributed by atoms with E-state index >= 15 is 0 Å². The van der Waals surface area contributed by atoms with Crippen LogP contribution in [0.15, 0.2) is 52.2 Å². The number of benzene rings is 2. The van der Waals surface area contributed by atoms with Crippen molar-refractivity contribution in [2.24, 2.45) is 0 Å². The molecule has 9 heteroatoms. The first kappa shape index (κ1) is 23.5. The Hall–Kier alpha value is -3.17. The van der Waals surface area contributed by atoms with Gasteiger partial charge in [0, 0.05) is 29.4 Å². The predicted molar refractivity (Wildman–Crippen MR) is 130 cm³/mol. The summed E-state index contributed by atoms with van der Waals surface area (Å²) in [5, 5.41) is 10.2. The predicted octanol–water partition coefficient (Wildman–Crippen LogP) is 4.63. The summed E-state index contributed by atoms with van der Waals surface area (Å²) in [6.45, 7) is 5.47. The number of rotatable bonds is 8. The van der Waals surface area contributed by atoms with Gasteiger partial charge in [0.15, 0.2) is 4.34 Å². The van der Waals surface area contributed by atoms with Gasteiger partial charge in [-0.2, -0.15) is 0 Å². The topological polar surface area (TPSA) is 100 Å². The minimum Gasteiger partial charge on any atom is -0.326 e. The van der Waals surface area contributed by atoms with Crippen LogP contribution in [0.25, 0.3) is 0 Å². The molecule has 0 aliphatic heterocycles. The number of nitrogens with zero attached hydrogens (tertiary/aromatic N) is 1. The van der Waals surface area contributed by atoms with E-state index in [1.807, 2.05) is 37.4 Å². The van der Waals surface area contributed by atoms with E-state index in [-0.39, 0.29) is 29.9 Å². The molecule has 0 saturated heterocycles. The molecule has 0 aliphatic carbocycles. The van der Waals surface area contributed by atoms with E-state index < -0.39 is 0 Å². The second-order valence-electron chi connectivity index (χ2n) is 7.22. The molecule has 0 saturated carbocycles. The Kier molecular flexibility index (Phi) is 8.02. The van der Waals surface area contributed by atoms with Gasteiger partial charge >= 0.3 is 0 Å². The Morgan fingerprint density at radius 1 is 0.875 bits per heavy atom. The molecule has 3 N–H and O–H groups in total. The zero-order valence-electron chi connectivity index (χ0n) is 18.0. The van der Waals surface area contributed by atoms with Crippen LogP contribution in [0.2, 0.25) is 0 Å². The summed E-state index contributed by atoms with van der Waals surface area (Å²) in [5.41, 5.74) is 5.05. The van der Waals surface area contributed by atoms with Crippen LogP contribution in [0.4, 0.5) is 17.1 Å². The van der Waals surface area contributed by atoms with E-state index in [1.54, 1.807) is 24.3 Å². The number of anilines is 3. The molecule has 7 nitrogen and oxygen atoms in total. The molecule has 0 fully saturated rings. The fraction of sp³-hybridized carbons (Fsp3) is 0.217. The summed E-state index contributed by atoms with van der Waals surface area (Å²) in [7, 11) is 0. The van der Waals surface area contributed by atoms with Gasteiger partial charge in [0.05, 0.1) is 17.9 Å². The van der Waals surface area contributed by atoms with Gasteiger partial charge in [-0.05, 0) is 61.4 Å². The maximum Gasteiger partial charge on any atom is 0.234 e.